The van der Waals surface area contributed by atoms with E-state index in [-0.39, 0.29) is 23.2 Å². The van der Waals surface area contributed by atoms with Crippen LogP contribution in [0.4, 0.5) is 4.79 Å². The van der Waals surface area contributed by atoms with E-state index in [9.17, 15) is 9.59 Å². The largest absolute Gasteiger partial charge is 0.354 e. The molecule has 2 amide bonds. The van der Waals surface area contributed by atoms with Crippen molar-refractivity contribution < 1.29 is 9.59 Å². The Morgan fingerprint density at radius 1 is 1.86 bits per heavy atom. The predicted octanol–water partition coefficient (Wildman–Crippen LogP) is -0.335. The molecule has 0 spiro atoms. The number of rotatable bonds is 4. The maximum Gasteiger partial charge on any atom is 0.279 e. The van der Waals surface area contributed by atoms with Crippen molar-refractivity contribution >= 4 is 22.9 Å². The second kappa shape index (κ2) is 5.21. The van der Waals surface area contributed by atoms with Gasteiger partial charge in [-0.15, -0.1) is 0 Å². The van der Waals surface area contributed by atoms with E-state index in [1.165, 1.54) is 0 Å². The monoisotopic (exact) mass is 217 g/mol. The van der Waals surface area contributed by atoms with E-state index < -0.39 is 0 Å². The molecular weight excluding hydrogens is 202 g/mol. The van der Waals surface area contributed by atoms with Crippen LogP contribution in [0.5, 0.6) is 0 Å². The number of hydrogen-bond donors (Lipinski definition) is 3. The summed E-state index contributed by atoms with van der Waals surface area (Å²) in [7, 11) is 0. The van der Waals surface area contributed by atoms with Gasteiger partial charge < -0.3 is 16.4 Å². The summed E-state index contributed by atoms with van der Waals surface area (Å²) in [6.07, 6.45) is 0.750. The lowest BCUT2D eigenvalue weighted by atomic mass is 10.2. The van der Waals surface area contributed by atoms with Gasteiger partial charge in [-0.2, -0.15) is 0 Å². The van der Waals surface area contributed by atoms with Crippen molar-refractivity contribution in [2.45, 2.75) is 25.4 Å². The molecule has 80 valence electrons. The Labute approximate surface area is 87.2 Å². The van der Waals surface area contributed by atoms with E-state index in [2.05, 4.69) is 10.6 Å². The zero-order chi connectivity index (χ0) is 10.6. The molecule has 1 fully saturated rings. The number of nitrogens with two attached hydrogens (primary N) is 1. The zero-order valence-electron chi connectivity index (χ0n) is 8.08. The molecule has 1 heterocycles. The Morgan fingerprint density at radius 2 is 2.57 bits per heavy atom. The van der Waals surface area contributed by atoms with Gasteiger partial charge >= 0.3 is 0 Å². The lowest BCUT2D eigenvalue weighted by Gasteiger charge is -2.11. The summed E-state index contributed by atoms with van der Waals surface area (Å²) in [6, 6.07) is -0.288. The molecule has 1 saturated heterocycles. The van der Waals surface area contributed by atoms with Crippen LogP contribution in [0.1, 0.15) is 13.3 Å². The molecule has 14 heavy (non-hydrogen) atoms. The van der Waals surface area contributed by atoms with Crippen LogP contribution in [0.3, 0.4) is 0 Å². The van der Waals surface area contributed by atoms with Crippen LogP contribution in [-0.2, 0) is 4.79 Å². The Hall–Kier alpha value is -0.750. The van der Waals surface area contributed by atoms with Gasteiger partial charge in [-0.3, -0.25) is 9.59 Å². The van der Waals surface area contributed by atoms with E-state index in [1.807, 2.05) is 6.92 Å². The molecule has 4 N–H and O–H groups in total. The summed E-state index contributed by atoms with van der Waals surface area (Å²) in [5.41, 5.74) is 5.53. The highest BCUT2D eigenvalue weighted by Gasteiger charge is 2.27. The minimum absolute atomic E-state index is 0.0860. The van der Waals surface area contributed by atoms with Crippen LogP contribution in [-0.4, -0.2) is 35.5 Å². The third kappa shape index (κ3) is 3.55. The van der Waals surface area contributed by atoms with Gasteiger partial charge in [0, 0.05) is 18.3 Å². The first-order valence-corrected chi connectivity index (χ1v) is 5.54. The second-order valence-corrected chi connectivity index (χ2v) is 4.35. The summed E-state index contributed by atoms with van der Waals surface area (Å²) < 4.78 is 0. The summed E-state index contributed by atoms with van der Waals surface area (Å²) >= 11 is 1.14. The number of carbonyl (C=O) groups excluding carboxylic acids is 2. The van der Waals surface area contributed by atoms with Crippen LogP contribution in [0, 0.1) is 0 Å². The predicted molar refractivity (Wildman–Crippen MR) is 56.1 cm³/mol. The quantitative estimate of drug-likeness (QED) is 0.602. The molecule has 0 aromatic rings. The van der Waals surface area contributed by atoms with Crippen LogP contribution >= 0.6 is 11.8 Å². The van der Waals surface area contributed by atoms with Gasteiger partial charge in [0.15, 0.2) is 0 Å². The Bertz CT molecular complexity index is 233. The van der Waals surface area contributed by atoms with Crippen molar-refractivity contribution in [1.29, 1.82) is 0 Å². The van der Waals surface area contributed by atoms with Crippen LogP contribution < -0.4 is 16.4 Å². The van der Waals surface area contributed by atoms with Gasteiger partial charge in [0.05, 0.1) is 0 Å². The molecule has 1 aliphatic heterocycles. The molecule has 0 radical (unpaired) electrons. The molecular formula is C8H15N3O2S. The highest BCUT2D eigenvalue weighted by Crippen LogP contribution is 2.12. The summed E-state index contributed by atoms with van der Waals surface area (Å²) in [5.74, 6) is 0.395. The average molecular weight is 217 g/mol. The molecule has 2 unspecified atom stereocenters. The lowest BCUT2D eigenvalue weighted by molar-refractivity contribution is -0.122. The van der Waals surface area contributed by atoms with Crippen molar-refractivity contribution in [2.75, 3.05) is 12.3 Å². The van der Waals surface area contributed by atoms with Crippen molar-refractivity contribution in [3.8, 4) is 0 Å². The Morgan fingerprint density at radius 3 is 3.07 bits per heavy atom. The number of carbonyl (C=O) groups is 2. The fourth-order valence-corrected chi connectivity index (χ4v) is 1.85. The van der Waals surface area contributed by atoms with Gasteiger partial charge in [-0.1, -0.05) is 11.8 Å². The molecule has 0 aliphatic carbocycles. The molecule has 6 heteroatoms. The number of amides is 2. The maximum atomic E-state index is 11.4. The van der Waals surface area contributed by atoms with E-state index in [1.54, 1.807) is 0 Å². The standard InChI is InChI=1S/C8H15N3O2S/c1-5(9)2-3-10-7(12)6-4-14-8(13)11-6/h5-6H,2-4,9H2,1H3,(H,10,12)(H,11,13). The number of nitrogens with one attached hydrogen (secondary N) is 2. The smallest absolute Gasteiger partial charge is 0.279 e. The first kappa shape index (κ1) is 11.3. The highest BCUT2D eigenvalue weighted by molar-refractivity contribution is 8.14. The highest BCUT2D eigenvalue weighted by atomic mass is 32.2. The molecule has 0 aromatic heterocycles. The zero-order valence-corrected chi connectivity index (χ0v) is 8.89. The van der Waals surface area contributed by atoms with E-state index >= 15 is 0 Å². The van der Waals surface area contributed by atoms with Gasteiger partial charge in [0.25, 0.3) is 5.24 Å². The topological polar surface area (TPSA) is 84.2 Å². The van der Waals surface area contributed by atoms with Crippen molar-refractivity contribution in [3.05, 3.63) is 0 Å². The Kier molecular flexibility index (Phi) is 4.21. The molecule has 2 atom stereocenters. The summed E-state index contributed by atoms with van der Waals surface area (Å²) in [4.78, 5) is 22.2. The fraction of sp³-hybridized carbons (Fsp3) is 0.750. The maximum absolute atomic E-state index is 11.4. The van der Waals surface area contributed by atoms with Gasteiger partial charge in [0.2, 0.25) is 5.91 Å². The number of thioether (sulfide) groups is 1. The molecule has 5 nitrogen and oxygen atoms in total. The second-order valence-electron chi connectivity index (χ2n) is 3.35. The minimum Gasteiger partial charge on any atom is -0.354 e. The molecule has 1 aliphatic rings. The van der Waals surface area contributed by atoms with Gasteiger partial charge in [-0.25, -0.2) is 0 Å². The summed E-state index contributed by atoms with van der Waals surface area (Å²) in [5, 5.41) is 5.17. The minimum atomic E-state index is -0.374. The fourth-order valence-electron chi connectivity index (χ4n) is 1.07. The van der Waals surface area contributed by atoms with Crippen molar-refractivity contribution in [3.63, 3.8) is 0 Å². The molecule has 0 aromatic carbocycles. The van der Waals surface area contributed by atoms with Crippen LogP contribution in [0.2, 0.25) is 0 Å². The molecule has 0 bridgehead atoms. The van der Waals surface area contributed by atoms with Crippen LogP contribution in [0.25, 0.3) is 0 Å². The van der Waals surface area contributed by atoms with E-state index in [0.717, 1.165) is 18.2 Å². The van der Waals surface area contributed by atoms with Crippen molar-refractivity contribution in [2.24, 2.45) is 5.73 Å². The Balaban J connectivity index is 2.18. The summed E-state index contributed by atoms with van der Waals surface area (Å²) in [6.45, 7) is 2.45. The normalized spacial score (nSPS) is 23.0. The van der Waals surface area contributed by atoms with E-state index in [4.69, 9.17) is 5.73 Å². The first-order valence-electron chi connectivity index (χ1n) is 4.56. The van der Waals surface area contributed by atoms with Crippen LogP contribution in [0.15, 0.2) is 0 Å². The van der Waals surface area contributed by atoms with Gasteiger partial charge in [-0.05, 0) is 13.3 Å². The SMILES string of the molecule is CC(N)CCNC(=O)C1CSC(=O)N1. The third-order valence-corrected chi connectivity index (χ3v) is 2.77. The first-order chi connectivity index (χ1) is 6.59. The van der Waals surface area contributed by atoms with Gasteiger partial charge in [0.1, 0.15) is 6.04 Å². The number of hydrogen-bond acceptors (Lipinski definition) is 4. The van der Waals surface area contributed by atoms with E-state index in [0.29, 0.717) is 12.3 Å². The molecule has 1 rings (SSSR count). The molecule has 0 saturated carbocycles. The average Bonchev–Trinajstić information content (AvgIpc) is 2.51. The van der Waals surface area contributed by atoms with Crippen molar-refractivity contribution in [1.82, 2.24) is 10.6 Å². The third-order valence-electron chi connectivity index (χ3n) is 1.89. The lowest BCUT2D eigenvalue weighted by Crippen LogP contribution is -2.43.